The van der Waals surface area contributed by atoms with E-state index in [0.29, 0.717) is 5.92 Å². The predicted octanol–water partition coefficient (Wildman–Crippen LogP) is 3.52. The summed E-state index contributed by atoms with van der Waals surface area (Å²) in [5.41, 5.74) is -0.539. The quantitative estimate of drug-likeness (QED) is 0.545. The van der Waals surface area contributed by atoms with E-state index in [2.05, 4.69) is 5.92 Å². The normalized spacial score (nSPS) is 19.2. The first-order valence-electron chi connectivity index (χ1n) is 6.28. The molecule has 1 unspecified atom stereocenters. The molecule has 3 nitrogen and oxygen atoms in total. The Hall–Kier alpha value is -1.17. The molecular weight excluding hydrogens is 216 g/mol. The second kappa shape index (κ2) is 5.95. The van der Waals surface area contributed by atoms with Gasteiger partial charge in [0.05, 0.1) is 0 Å². The molecule has 0 aromatic carbocycles. The Morgan fingerprint density at radius 1 is 1.29 bits per heavy atom. The molecule has 0 spiro atoms. The molecule has 0 aromatic heterocycles. The van der Waals surface area contributed by atoms with Crippen LogP contribution in [0.15, 0.2) is 0 Å². The van der Waals surface area contributed by atoms with E-state index >= 15 is 0 Å². The molecule has 0 radical (unpaired) electrons. The van der Waals surface area contributed by atoms with Gasteiger partial charge in [-0.3, -0.25) is 0 Å². The molecule has 96 valence electrons. The van der Waals surface area contributed by atoms with Crippen LogP contribution in [-0.4, -0.2) is 17.9 Å². The fourth-order valence-electron chi connectivity index (χ4n) is 2.08. The van der Waals surface area contributed by atoms with E-state index in [4.69, 9.17) is 15.9 Å². The van der Waals surface area contributed by atoms with Gasteiger partial charge in [-0.25, -0.2) is 4.79 Å². The summed E-state index contributed by atoms with van der Waals surface area (Å²) in [7, 11) is 0. The largest absolute Gasteiger partial charge is 0.510 e. The van der Waals surface area contributed by atoms with Crippen LogP contribution in [0.1, 0.15) is 52.9 Å². The molecule has 1 aliphatic rings. The first-order chi connectivity index (χ1) is 7.92. The van der Waals surface area contributed by atoms with E-state index in [9.17, 15) is 4.79 Å². The van der Waals surface area contributed by atoms with Gasteiger partial charge in [-0.1, -0.05) is 25.2 Å². The van der Waals surface area contributed by atoms with Crippen molar-refractivity contribution in [2.45, 2.75) is 64.6 Å². The molecule has 0 amide bonds. The zero-order chi connectivity index (χ0) is 12.9. The van der Waals surface area contributed by atoms with Gasteiger partial charge < -0.3 is 9.47 Å². The summed E-state index contributed by atoms with van der Waals surface area (Å²) in [5.74, 6) is 2.86. The average molecular weight is 238 g/mol. The highest BCUT2D eigenvalue weighted by molar-refractivity contribution is 5.61. The lowest BCUT2D eigenvalue weighted by molar-refractivity contribution is -0.0292. The Kier molecular flexibility index (Phi) is 4.86. The molecule has 1 aliphatic carbocycles. The van der Waals surface area contributed by atoms with E-state index in [1.165, 1.54) is 19.3 Å². The zero-order valence-corrected chi connectivity index (χ0v) is 11.0. The Labute approximate surface area is 104 Å². The molecule has 17 heavy (non-hydrogen) atoms. The van der Waals surface area contributed by atoms with Gasteiger partial charge in [0, 0.05) is 5.92 Å². The monoisotopic (exact) mass is 238 g/mol. The number of rotatable bonds is 2. The van der Waals surface area contributed by atoms with Crippen molar-refractivity contribution in [1.82, 2.24) is 0 Å². The maximum Gasteiger partial charge on any atom is 0.510 e. The molecule has 3 heteroatoms. The van der Waals surface area contributed by atoms with Crippen molar-refractivity contribution in [3.8, 4) is 12.3 Å². The highest BCUT2D eigenvalue weighted by atomic mass is 16.7. The maximum atomic E-state index is 11.5. The fourth-order valence-corrected chi connectivity index (χ4v) is 2.08. The average Bonchev–Trinajstić information content (AvgIpc) is 2.24. The molecule has 1 rings (SSSR count). The Morgan fingerprint density at radius 2 is 1.88 bits per heavy atom. The van der Waals surface area contributed by atoms with Gasteiger partial charge in [0.15, 0.2) is 6.10 Å². The van der Waals surface area contributed by atoms with Crippen molar-refractivity contribution in [2.75, 3.05) is 0 Å². The minimum absolute atomic E-state index is 0.293. The van der Waals surface area contributed by atoms with Gasteiger partial charge in [0.2, 0.25) is 0 Å². The molecule has 0 N–H and O–H groups in total. The minimum Gasteiger partial charge on any atom is -0.429 e. The summed E-state index contributed by atoms with van der Waals surface area (Å²) in [5, 5.41) is 0. The lowest BCUT2D eigenvalue weighted by Gasteiger charge is -2.27. The number of carbonyl (C=O) groups is 1. The van der Waals surface area contributed by atoms with Crippen LogP contribution < -0.4 is 0 Å². The Balaban J connectivity index is 2.46. The standard InChI is InChI=1S/C14H22O3/c1-5-12(11-9-7-6-8-10-11)16-13(15)17-14(2,3)4/h1,11-12H,6-10H2,2-4H3. The van der Waals surface area contributed by atoms with Crippen molar-refractivity contribution < 1.29 is 14.3 Å². The molecular formula is C14H22O3. The third-order valence-corrected chi connectivity index (χ3v) is 2.85. The van der Waals surface area contributed by atoms with E-state index in [1.807, 2.05) is 0 Å². The highest BCUT2D eigenvalue weighted by Crippen LogP contribution is 2.28. The van der Waals surface area contributed by atoms with Gasteiger partial charge >= 0.3 is 6.16 Å². The zero-order valence-electron chi connectivity index (χ0n) is 11.0. The molecule has 0 bridgehead atoms. The molecule has 0 aliphatic heterocycles. The summed E-state index contributed by atoms with van der Waals surface area (Å²) in [6.07, 6.45) is 10.00. The number of terminal acetylenes is 1. The third-order valence-electron chi connectivity index (χ3n) is 2.85. The summed E-state index contributed by atoms with van der Waals surface area (Å²) < 4.78 is 10.3. The lowest BCUT2D eigenvalue weighted by atomic mass is 9.85. The van der Waals surface area contributed by atoms with Crippen LogP contribution in [-0.2, 0) is 9.47 Å². The first-order valence-corrected chi connectivity index (χ1v) is 6.28. The molecule has 0 heterocycles. The number of carbonyl (C=O) groups excluding carboxylic acids is 1. The molecule has 1 atom stereocenters. The second-order valence-corrected chi connectivity index (χ2v) is 5.57. The number of hydrogen-bond donors (Lipinski definition) is 0. The first kappa shape index (κ1) is 13.9. The van der Waals surface area contributed by atoms with Gasteiger partial charge in [0.1, 0.15) is 5.60 Å². The number of hydrogen-bond acceptors (Lipinski definition) is 3. The highest BCUT2D eigenvalue weighted by Gasteiger charge is 2.27. The summed E-state index contributed by atoms with van der Waals surface area (Å²) in [6, 6.07) is 0. The van der Waals surface area contributed by atoms with Crippen LogP contribution in [0.3, 0.4) is 0 Å². The van der Waals surface area contributed by atoms with Crippen LogP contribution >= 0.6 is 0 Å². The van der Waals surface area contributed by atoms with E-state index in [-0.39, 0.29) is 0 Å². The summed E-state index contributed by atoms with van der Waals surface area (Å²) in [4.78, 5) is 11.5. The van der Waals surface area contributed by atoms with Crippen LogP contribution in [0, 0.1) is 18.3 Å². The predicted molar refractivity (Wildman–Crippen MR) is 66.5 cm³/mol. The molecule has 1 saturated carbocycles. The van der Waals surface area contributed by atoms with Gasteiger partial charge in [-0.15, -0.1) is 6.42 Å². The van der Waals surface area contributed by atoms with E-state index in [0.717, 1.165) is 12.8 Å². The smallest absolute Gasteiger partial charge is 0.429 e. The minimum atomic E-state index is -0.661. The summed E-state index contributed by atoms with van der Waals surface area (Å²) >= 11 is 0. The van der Waals surface area contributed by atoms with Gasteiger partial charge in [-0.05, 0) is 33.6 Å². The molecule has 1 fully saturated rings. The summed E-state index contributed by atoms with van der Waals surface area (Å²) in [6.45, 7) is 5.42. The number of ether oxygens (including phenoxy) is 2. The van der Waals surface area contributed by atoms with Crippen LogP contribution in [0.25, 0.3) is 0 Å². The van der Waals surface area contributed by atoms with Gasteiger partial charge in [0.25, 0.3) is 0 Å². The van der Waals surface area contributed by atoms with Crippen molar-refractivity contribution in [2.24, 2.45) is 5.92 Å². The Bertz CT molecular complexity index is 290. The van der Waals surface area contributed by atoms with Crippen LogP contribution in [0.5, 0.6) is 0 Å². The fraction of sp³-hybridized carbons (Fsp3) is 0.786. The third kappa shape index (κ3) is 5.12. The molecule has 0 saturated heterocycles. The lowest BCUT2D eigenvalue weighted by Crippen LogP contribution is -2.31. The maximum absolute atomic E-state index is 11.5. The van der Waals surface area contributed by atoms with Crippen molar-refractivity contribution in [3.63, 3.8) is 0 Å². The second-order valence-electron chi connectivity index (χ2n) is 5.57. The van der Waals surface area contributed by atoms with E-state index < -0.39 is 17.9 Å². The van der Waals surface area contributed by atoms with Crippen LogP contribution in [0.2, 0.25) is 0 Å². The SMILES string of the molecule is C#CC(OC(=O)OC(C)(C)C)C1CCCCC1. The Morgan fingerprint density at radius 3 is 2.35 bits per heavy atom. The van der Waals surface area contributed by atoms with Crippen molar-refractivity contribution in [1.29, 1.82) is 0 Å². The topological polar surface area (TPSA) is 35.5 Å². The molecule has 0 aromatic rings. The van der Waals surface area contributed by atoms with Crippen molar-refractivity contribution in [3.05, 3.63) is 0 Å². The van der Waals surface area contributed by atoms with E-state index in [1.54, 1.807) is 20.8 Å². The van der Waals surface area contributed by atoms with Gasteiger partial charge in [-0.2, -0.15) is 0 Å². The van der Waals surface area contributed by atoms with Crippen molar-refractivity contribution >= 4 is 6.16 Å². The van der Waals surface area contributed by atoms with Crippen LogP contribution in [0.4, 0.5) is 4.79 Å².